The molecule has 0 aromatic heterocycles. The van der Waals surface area contributed by atoms with E-state index >= 15 is 0 Å². The number of anilines is 1. The minimum atomic E-state index is 0.678. The van der Waals surface area contributed by atoms with Gasteiger partial charge in [-0.25, -0.2) is 0 Å². The number of piperazine rings is 1. The van der Waals surface area contributed by atoms with Crippen LogP contribution >= 0.6 is 0 Å². The third-order valence-corrected chi connectivity index (χ3v) is 7.36. The van der Waals surface area contributed by atoms with Crippen molar-refractivity contribution in [1.82, 2.24) is 4.90 Å². The molecular weight excluding hydrogens is 444 g/mol. The molecule has 0 unspecified atom stereocenters. The van der Waals surface area contributed by atoms with E-state index in [1.807, 2.05) is 0 Å². The van der Waals surface area contributed by atoms with Crippen molar-refractivity contribution in [3.63, 3.8) is 0 Å². The molecule has 0 bridgehead atoms. The number of aryl methyl sites for hydroxylation is 3. The molecular formula is C32H42N2O2. The Morgan fingerprint density at radius 1 is 0.778 bits per heavy atom. The van der Waals surface area contributed by atoms with Crippen LogP contribution in [0.4, 0.5) is 5.69 Å². The Labute approximate surface area is 217 Å². The molecule has 0 N–H and O–H groups in total. The van der Waals surface area contributed by atoms with Crippen LogP contribution in [0.2, 0.25) is 0 Å². The molecule has 3 aromatic rings. The largest absolute Gasteiger partial charge is 0.493 e. The second-order valence-corrected chi connectivity index (χ2v) is 10.2. The molecule has 1 fully saturated rings. The lowest BCUT2D eigenvalue weighted by Crippen LogP contribution is -2.47. The van der Waals surface area contributed by atoms with Gasteiger partial charge in [0.25, 0.3) is 0 Å². The van der Waals surface area contributed by atoms with E-state index in [-0.39, 0.29) is 0 Å². The van der Waals surface area contributed by atoms with Crippen LogP contribution in [0.5, 0.6) is 11.5 Å². The quantitative estimate of drug-likeness (QED) is 0.295. The maximum absolute atomic E-state index is 6.14. The number of rotatable bonds is 12. The minimum Gasteiger partial charge on any atom is -0.493 e. The van der Waals surface area contributed by atoms with Gasteiger partial charge in [0.05, 0.1) is 7.11 Å². The van der Waals surface area contributed by atoms with E-state index in [4.69, 9.17) is 9.47 Å². The summed E-state index contributed by atoms with van der Waals surface area (Å²) in [5.41, 5.74) is 5.40. The molecule has 1 aliphatic heterocycles. The zero-order chi connectivity index (χ0) is 25.2. The van der Waals surface area contributed by atoms with Gasteiger partial charge in [-0.1, -0.05) is 61.0 Å². The summed E-state index contributed by atoms with van der Waals surface area (Å²) in [4.78, 5) is 4.95. The Balaban J connectivity index is 1.17. The second kappa shape index (κ2) is 13.4. The normalized spacial score (nSPS) is 15.0. The van der Waals surface area contributed by atoms with E-state index < -0.39 is 0 Å². The van der Waals surface area contributed by atoms with Crippen molar-refractivity contribution in [1.29, 1.82) is 0 Å². The topological polar surface area (TPSA) is 24.9 Å². The molecule has 36 heavy (non-hydrogen) atoms. The van der Waals surface area contributed by atoms with Crippen LogP contribution in [0.1, 0.15) is 36.5 Å². The van der Waals surface area contributed by atoms with Gasteiger partial charge >= 0.3 is 0 Å². The SMILES string of the molecule is COc1cc(CC[C@@H](C)CCc2ccc(C)cc2)ccc1OCCN1CCN(c2ccccc2)CC1. The molecule has 0 radical (unpaired) electrons. The molecule has 0 amide bonds. The Hall–Kier alpha value is -2.98. The van der Waals surface area contributed by atoms with Crippen molar-refractivity contribution in [2.45, 2.75) is 39.5 Å². The highest BCUT2D eigenvalue weighted by Crippen LogP contribution is 2.29. The van der Waals surface area contributed by atoms with E-state index in [9.17, 15) is 0 Å². The highest BCUT2D eigenvalue weighted by molar-refractivity contribution is 5.46. The van der Waals surface area contributed by atoms with Crippen LogP contribution in [0.25, 0.3) is 0 Å². The fourth-order valence-corrected chi connectivity index (χ4v) is 4.87. The molecule has 4 rings (SSSR count). The zero-order valence-corrected chi connectivity index (χ0v) is 22.3. The molecule has 0 spiro atoms. The number of para-hydroxylation sites is 1. The summed E-state index contributed by atoms with van der Waals surface area (Å²) in [6.07, 6.45) is 4.63. The van der Waals surface area contributed by atoms with E-state index in [1.54, 1.807) is 7.11 Å². The van der Waals surface area contributed by atoms with Crippen LogP contribution < -0.4 is 14.4 Å². The van der Waals surface area contributed by atoms with Crippen LogP contribution in [-0.2, 0) is 12.8 Å². The first-order chi connectivity index (χ1) is 17.6. The Morgan fingerprint density at radius 3 is 2.14 bits per heavy atom. The lowest BCUT2D eigenvalue weighted by Gasteiger charge is -2.36. The highest BCUT2D eigenvalue weighted by Gasteiger charge is 2.17. The molecule has 4 heteroatoms. The van der Waals surface area contributed by atoms with Gasteiger partial charge < -0.3 is 14.4 Å². The van der Waals surface area contributed by atoms with E-state index in [2.05, 4.69) is 96.4 Å². The Morgan fingerprint density at radius 2 is 1.44 bits per heavy atom. The number of hydrogen-bond acceptors (Lipinski definition) is 4. The predicted molar refractivity (Wildman–Crippen MR) is 151 cm³/mol. The van der Waals surface area contributed by atoms with E-state index in [0.717, 1.165) is 57.1 Å². The number of benzene rings is 3. The zero-order valence-electron chi connectivity index (χ0n) is 22.3. The third-order valence-electron chi connectivity index (χ3n) is 7.36. The summed E-state index contributed by atoms with van der Waals surface area (Å²) >= 11 is 0. The predicted octanol–water partition coefficient (Wildman–Crippen LogP) is 6.41. The monoisotopic (exact) mass is 486 g/mol. The van der Waals surface area contributed by atoms with Crippen LogP contribution in [0, 0.1) is 12.8 Å². The summed E-state index contributed by atoms with van der Waals surface area (Å²) in [5.74, 6) is 2.38. The maximum atomic E-state index is 6.14. The number of nitrogens with zero attached hydrogens (tertiary/aromatic N) is 2. The average Bonchev–Trinajstić information content (AvgIpc) is 2.93. The van der Waals surface area contributed by atoms with Crippen LogP contribution in [0.15, 0.2) is 72.8 Å². The summed E-state index contributed by atoms with van der Waals surface area (Å²) in [6.45, 7) is 10.4. The maximum Gasteiger partial charge on any atom is 0.161 e. The smallest absolute Gasteiger partial charge is 0.161 e. The van der Waals surface area contributed by atoms with Crippen molar-refractivity contribution < 1.29 is 9.47 Å². The van der Waals surface area contributed by atoms with Crippen molar-refractivity contribution >= 4 is 5.69 Å². The summed E-state index contributed by atoms with van der Waals surface area (Å²) < 4.78 is 11.8. The van der Waals surface area contributed by atoms with Gasteiger partial charge in [0.2, 0.25) is 0 Å². The molecule has 1 saturated heterocycles. The molecule has 192 valence electrons. The molecule has 1 aliphatic rings. The van der Waals surface area contributed by atoms with Crippen molar-refractivity contribution in [3.05, 3.63) is 89.5 Å². The summed E-state index contributed by atoms with van der Waals surface area (Å²) in [6, 6.07) is 26.1. The van der Waals surface area contributed by atoms with Crippen LogP contribution in [-0.4, -0.2) is 51.3 Å². The number of hydrogen-bond donors (Lipinski definition) is 0. The van der Waals surface area contributed by atoms with Gasteiger partial charge in [-0.2, -0.15) is 0 Å². The molecule has 4 nitrogen and oxygen atoms in total. The standard InChI is InChI=1S/C32H42N2O2/c1-26-9-13-28(14-10-26)15-11-27(2)12-16-29-17-18-31(32(25-29)35-3)36-24-23-33-19-21-34(22-20-33)30-7-5-4-6-8-30/h4-10,13-14,17-18,25,27H,11-12,15-16,19-24H2,1-3H3/t27-/m0/s1. The van der Waals surface area contributed by atoms with E-state index in [0.29, 0.717) is 12.5 Å². The first-order valence-electron chi connectivity index (χ1n) is 13.5. The third kappa shape index (κ3) is 7.76. The van der Waals surface area contributed by atoms with Crippen LogP contribution in [0.3, 0.4) is 0 Å². The second-order valence-electron chi connectivity index (χ2n) is 10.2. The van der Waals surface area contributed by atoms with Crippen molar-refractivity contribution in [2.24, 2.45) is 5.92 Å². The molecule has 0 aliphatic carbocycles. The van der Waals surface area contributed by atoms with E-state index in [1.165, 1.54) is 35.2 Å². The fraction of sp³-hybridized carbons (Fsp3) is 0.438. The lowest BCUT2D eigenvalue weighted by atomic mass is 9.94. The minimum absolute atomic E-state index is 0.678. The average molecular weight is 487 g/mol. The van der Waals surface area contributed by atoms with Gasteiger partial charge in [0.1, 0.15) is 6.61 Å². The summed E-state index contributed by atoms with van der Waals surface area (Å²) in [5, 5.41) is 0. The Kier molecular flexibility index (Phi) is 9.68. The number of methoxy groups -OCH3 is 1. The Bertz CT molecular complexity index is 1040. The van der Waals surface area contributed by atoms with Crippen molar-refractivity contribution in [3.8, 4) is 11.5 Å². The summed E-state index contributed by atoms with van der Waals surface area (Å²) in [7, 11) is 1.74. The molecule has 3 aromatic carbocycles. The van der Waals surface area contributed by atoms with Gasteiger partial charge in [0.15, 0.2) is 11.5 Å². The number of ether oxygens (including phenoxy) is 2. The molecule has 1 heterocycles. The van der Waals surface area contributed by atoms with Gasteiger partial charge in [-0.05, 0) is 73.9 Å². The molecule has 0 saturated carbocycles. The van der Waals surface area contributed by atoms with Gasteiger partial charge in [-0.15, -0.1) is 0 Å². The van der Waals surface area contributed by atoms with Gasteiger partial charge in [-0.3, -0.25) is 4.90 Å². The first-order valence-corrected chi connectivity index (χ1v) is 13.5. The first kappa shape index (κ1) is 26.1. The van der Waals surface area contributed by atoms with Crippen molar-refractivity contribution in [2.75, 3.05) is 51.3 Å². The van der Waals surface area contributed by atoms with Gasteiger partial charge in [0, 0.05) is 38.4 Å². The lowest BCUT2D eigenvalue weighted by molar-refractivity contribution is 0.197. The fourth-order valence-electron chi connectivity index (χ4n) is 4.87. The molecule has 1 atom stereocenters. The highest BCUT2D eigenvalue weighted by atomic mass is 16.5.